The summed E-state index contributed by atoms with van der Waals surface area (Å²) in [5.41, 5.74) is 0. The Hall–Kier alpha value is -1.42. The number of ether oxygens (including phenoxy) is 6. The van der Waals surface area contributed by atoms with Gasteiger partial charge in [0.1, 0.15) is 13.2 Å². The molecule has 0 radical (unpaired) electrons. The summed E-state index contributed by atoms with van der Waals surface area (Å²) >= 11 is 3.64. The van der Waals surface area contributed by atoms with Crippen molar-refractivity contribution < 1.29 is 28.4 Å². The van der Waals surface area contributed by atoms with E-state index in [-0.39, 0.29) is 0 Å². The summed E-state index contributed by atoms with van der Waals surface area (Å²) in [4.78, 5) is 2.57. The highest BCUT2D eigenvalue weighted by molar-refractivity contribution is 8.02. The molecule has 0 saturated carbocycles. The van der Waals surface area contributed by atoms with Gasteiger partial charge in [-0.1, -0.05) is 24.3 Å². The minimum Gasteiger partial charge on any atom is -0.487 e. The highest BCUT2D eigenvalue weighted by Crippen LogP contribution is 2.30. The van der Waals surface area contributed by atoms with Gasteiger partial charge in [0.15, 0.2) is 11.5 Å². The van der Waals surface area contributed by atoms with Gasteiger partial charge in [0, 0.05) is 21.3 Å². The molecule has 0 unspecified atom stereocenters. The van der Waals surface area contributed by atoms with E-state index in [4.69, 9.17) is 28.4 Å². The van der Waals surface area contributed by atoms with Crippen LogP contribution < -0.4 is 9.47 Å². The second-order valence-electron chi connectivity index (χ2n) is 6.74. The molecule has 1 aliphatic rings. The van der Waals surface area contributed by atoms with Gasteiger partial charge in [-0.15, -0.1) is 23.5 Å². The van der Waals surface area contributed by atoms with E-state index in [0.29, 0.717) is 77.6 Å². The molecule has 8 heteroatoms. The minimum atomic E-state index is 0.457. The van der Waals surface area contributed by atoms with E-state index in [0.717, 1.165) is 11.5 Å². The van der Waals surface area contributed by atoms with Gasteiger partial charge in [-0.3, -0.25) is 0 Å². The molecule has 6 nitrogen and oxygen atoms in total. The molecule has 0 fully saturated rings. The quantitative estimate of drug-likeness (QED) is 0.550. The Kier molecular flexibility index (Phi) is 12.8. The maximum atomic E-state index is 5.80. The summed E-state index contributed by atoms with van der Waals surface area (Å²) in [5.74, 6) is 3.23. The molecular weight excluding hydrogens is 448 g/mol. The predicted molar refractivity (Wildman–Crippen MR) is 129 cm³/mol. The third-order valence-corrected chi connectivity index (χ3v) is 6.59. The van der Waals surface area contributed by atoms with Crippen molar-refractivity contribution in [1.29, 1.82) is 0 Å². The first kappa shape index (κ1) is 25.2. The summed E-state index contributed by atoms with van der Waals surface area (Å²) in [6, 6.07) is 16.1. The van der Waals surface area contributed by atoms with Crippen molar-refractivity contribution in [3.8, 4) is 11.5 Å². The Bertz CT molecular complexity index is 635. The zero-order valence-corrected chi connectivity index (χ0v) is 20.0. The van der Waals surface area contributed by atoms with Crippen molar-refractivity contribution in [1.82, 2.24) is 0 Å². The molecule has 0 N–H and O–H groups in total. The fraction of sp³-hybridized carbons (Fsp3) is 0.500. The normalized spacial score (nSPS) is 18.8. The highest BCUT2D eigenvalue weighted by Gasteiger charge is 2.06. The van der Waals surface area contributed by atoms with Crippen LogP contribution >= 0.6 is 23.5 Å². The van der Waals surface area contributed by atoms with Crippen LogP contribution in [0, 0.1) is 0 Å². The summed E-state index contributed by atoms with van der Waals surface area (Å²) < 4.78 is 34.2. The second-order valence-corrected chi connectivity index (χ2v) is 9.01. The molecule has 0 aliphatic carbocycles. The van der Waals surface area contributed by atoms with E-state index in [1.807, 2.05) is 47.8 Å². The van der Waals surface area contributed by atoms with Crippen LogP contribution in [0.25, 0.3) is 0 Å². The SMILES string of the molecule is c1ccc2c(c1)OCCOCCOCCSc1ccccc1SCCOCCOCCO2. The Morgan fingerprint density at radius 2 is 0.812 bits per heavy atom. The van der Waals surface area contributed by atoms with E-state index >= 15 is 0 Å². The standard InChI is InChI=1S/C24H32O6S2/c1-2-6-22-21(5-1)29-15-13-25-9-11-27-17-19-31-23-7-3-4-8-24(23)32-20-18-28-12-10-26-14-16-30-22/h1-8H,9-20H2. The van der Waals surface area contributed by atoms with Crippen molar-refractivity contribution >= 4 is 23.5 Å². The first-order chi connectivity index (χ1) is 15.9. The van der Waals surface area contributed by atoms with Crippen molar-refractivity contribution in [2.75, 3.05) is 77.6 Å². The number of hydrogen-bond acceptors (Lipinski definition) is 8. The largest absolute Gasteiger partial charge is 0.487 e. The van der Waals surface area contributed by atoms with Gasteiger partial charge in [-0.2, -0.15) is 0 Å². The molecular formula is C24H32O6S2. The topological polar surface area (TPSA) is 55.4 Å². The highest BCUT2D eigenvalue weighted by atomic mass is 32.2. The van der Waals surface area contributed by atoms with Crippen LogP contribution in [0.5, 0.6) is 11.5 Å². The summed E-state index contributed by atoms with van der Waals surface area (Å²) in [6.45, 7) is 5.56. The van der Waals surface area contributed by atoms with Crippen LogP contribution in [0.1, 0.15) is 0 Å². The van der Waals surface area contributed by atoms with E-state index in [9.17, 15) is 0 Å². The summed E-state index contributed by atoms with van der Waals surface area (Å²) in [7, 11) is 0. The molecule has 0 bridgehead atoms. The lowest BCUT2D eigenvalue weighted by atomic mass is 10.3. The molecule has 2 aromatic carbocycles. The molecule has 0 saturated heterocycles. The van der Waals surface area contributed by atoms with Crippen molar-refractivity contribution in [3.05, 3.63) is 48.5 Å². The Morgan fingerprint density at radius 3 is 1.28 bits per heavy atom. The Morgan fingerprint density at radius 1 is 0.438 bits per heavy atom. The molecule has 3 rings (SSSR count). The van der Waals surface area contributed by atoms with Crippen molar-refractivity contribution in [2.24, 2.45) is 0 Å². The van der Waals surface area contributed by atoms with Gasteiger partial charge in [0.25, 0.3) is 0 Å². The van der Waals surface area contributed by atoms with E-state index < -0.39 is 0 Å². The Balaban J connectivity index is 1.44. The zero-order valence-electron chi connectivity index (χ0n) is 18.4. The lowest BCUT2D eigenvalue weighted by Gasteiger charge is -2.13. The smallest absolute Gasteiger partial charge is 0.161 e. The molecule has 2 aromatic rings. The maximum absolute atomic E-state index is 5.80. The molecule has 176 valence electrons. The molecule has 0 atom stereocenters. The van der Waals surface area contributed by atoms with Gasteiger partial charge in [0.2, 0.25) is 0 Å². The molecule has 0 amide bonds. The van der Waals surface area contributed by atoms with E-state index in [1.54, 1.807) is 0 Å². The molecule has 1 heterocycles. The van der Waals surface area contributed by atoms with Crippen LogP contribution in [0.2, 0.25) is 0 Å². The average Bonchev–Trinajstić information content (AvgIpc) is 2.82. The zero-order chi connectivity index (χ0) is 22.1. The Labute approximate surface area is 199 Å². The van der Waals surface area contributed by atoms with E-state index in [2.05, 4.69) is 24.3 Å². The van der Waals surface area contributed by atoms with Crippen molar-refractivity contribution in [2.45, 2.75) is 9.79 Å². The first-order valence-corrected chi connectivity index (χ1v) is 12.9. The second kappa shape index (κ2) is 16.2. The van der Waals surface area contributed by atoms with Gasteiger partial charge in [-0.05, 0) is 24.3 Å². The average molecular weight is 481 g/mol. The predicted octanol–water partition coefficient (Wildman–Crippen LogP) is 4.41. The third-order valence-electron chi connectivity index (χ3n) is 4.38. The number of para-hydroxylation sites is 2. The van der Waals surface area contributed by atoms with Crippen LogP contribution in [-0.2, 0) is 18.9 Å². The van der Waals surface area contributed by atoms with E-state index in [1.165, 1.54) is 9.79 Å². The molecule has 1 aliphatic heterocycles. The number of benzene rings is 2. The fourth-order valence-electron chi connectivity index (χ4n) is 2.86. The lowest BCUT2D eigenvalue weighted by molar-refractivity contribution is 0.0376. The monoisotopic (exact) mass is 480 g/mol. The first-order valence-electron chi connectivity index (χ1n) is 10.9. The van der Waals surface area contributed by atoms with Gasteiger partial charge in [-0.25, -0.2) is 0 Å². The summed E-state index contributed by atoms with van der Waals surface area (Å²) in [5, 5.41) is 0. The van der Waals surface area contributed by atoms with Crippen molar-refractivity contribution in [3.63, 3.8) is 0 Å². The fourth-order valence-corrected chi connectivity index (χ4v) is 4.83. The minimum absolute atomic E-state index is 0.457. The van der Waals surface area contributed by atoms with Crippen LogP contribution in [0.15, 0.2) is 58.3 Å². The number of thioether (sulfide) groups is 2. The lowest BCUT2D eigenvalue weighted by Crippen LogP contribution is -2.13. The van der Waals surface area contributed by atoms with Crippen LogP contribution in [0.3, 0.4) is 0 Å². The molecule has 0 aromatic heterocycles. The van der Waals surface area contributed by atoms with Gasteiger partial charge < -0.3 is 28.4 Å². The molecule has 0 spiro atoms. The van der Waals surface area contributed by atoms with Gasteiger partial charge >= 0.3 is 0 Å². The number of fused-ring (bicyclic) bond motifs is 2. The maximum Gasteiger partial charge on any atom is 0.161 e. The number of rotatable bonds is 0. The number of hydrogen-bond donors (Lipinski definition) is 0. The van der Waals surface area contributed by atoms with Crippen LogP contribution in [-0.4, -0.2) is 77.6 Å². The van der Waals surface area contributed by atoms with Gasteiger partial charge in [0.05, 0.1) is 52.9 Å². The third kappa shape index (κ3) is 10.0. The summed E-state index contributed by atoms with van der Waals surface area (Å²) in [6.07, 6.45) is 0. The van der Waals surface area contributed by atoms with Crippen LogP contribution in [0.4, 0.5) is 0 Å². The molecule has 32 heavy (non-hydrogen) atoms.